The van der Waals surface area contributed by atoms with Crippen molar-refractivity contribution in [1.29, 1.82) is 0 Å². The highest BCUT2D eigenvalue weighted by molar-refractivity contribution is 7.89. The van der Waals surface area contributed by atoms with E-state index < -0.39 is 16.1 Å². The predicted molar refractivity (Wildman–Crippen MR) is 105 cm³/mol. The van der Waals surface area contributed by atoms with Crippen molar-refractivity contribution in [3.8, 4) is 0 Å². The molecule has 2 aliphatic rings. The number of benzene rings is 2. The van der Waals surface area contributed by atoms with Gasteiger partial charge in [-0.05, 0) is 67.9 Å². The van der Waals surface area contributed by atoms with Crippen LogP contribution < -0.4 is 5.32 Å². The van der Waals surface area contributed by atoms with E-state index in [-0.39, 0.29) is 10.8 Å². The zero-order valence-corrected chi connectivity index (χ0v) is 16.0. The van der Waals surface area contributed by atoms with Crippen molar-refractivity contribution >= 4 is 21.6 Å². The lowest BCUT2D eigenvalue weighted by Crippen LogP contribution is -2.43. The Hall–Kier alpha value is -2.18. The molecule has 1 amide bonds. The minimum Gasteiger partial charge on any atom is -0.324 e. The molecule has 2 aromatic rings. The molecule has 1 heterocycles. The summed E-state index contributed by atoms with van der Waals surface area (Å²) in [6, 6.07) is 13.7. The molecule has 5 nitrogen and oxygen atoms in total. The van der Waals surface area contributed by atoms with Gasteiger partial charge in [-0.2, -0.15) is 4.31 Å². The minimum atomic E-state index is -3.67. The third kappa shape index (κ3) is 3.51. The Morgan fingerprint density at radius 2 is 1.74 bits per heavy atom. The zero-order chi connectivity index (χ0) is 18.9. The molecular formula is C21H24N2O3S. The fourth-order valence-electron chi connectivity index (χ4n) is 4.13. The SMILES string of the molecule is O=C(Nc1cccc2c1CCCC2)[C@@H]1CCCN1S(=O)(=O)c1ccccc1. The molecule has 142 valence electrons. The summed E-state index contributed by atoms with van der Waals surface area (Å²) in [6.07, 6.45) is 5.54. The van der Waals surface area contributed by atoms with Gasteiger partial charge in [-0.3, -0.25) is 4.79 Å². The van der Waals surface area contributed by atoms with Crippen molar-refractivity contribution in [2.24, 2.45) is 0 Å². The number of nitrogens with one attached hydrogen (secondary N) is 1. The lowest BCUT2D eigenvalue weighted by Gasteiger charge is -2.25. The smallest absolute Gasteiger partial charge is 0.243 e. The van der Waals surface area contributed by atoms with Crippen molar-refractivity contribution in [2.75, 3.05) is 11.9 Å². The number of carbonyl (C=O) groups excluding carboxylic acids is 1. The highest BCUT2D eigenvalue weighted by Gasteiger charge is 2.39. The first-order chi connectivity index (χ1) is 13.1. The quantitative estimate of drug-likeness (QED) is 0.879. The maximum atomic E-state index is 13.0. The van der Waals surface area contributed by atoms with Crippen LogP contribution in [-0.4, -0.2) is 31.2 Å². The van der Waals surface area contributed by atoms with E-state index in [1.807, 2.05) is 12.1 Å². The Morgan fingerprint density at radius 3 is 2.56 bits per heavy atom. The summed E-state index contributed by atoms with van der Waals surface area (Å²) in [5.41, 5.74) is 3.33. The Morgan fingerprint density at radius 1 is 0.963 bits per heavy atom. The van der Waals surface area contributed by atoms with Crippen LogP contribution in [0.2, 0.25) is 0 Å². The van der Waals surface area contributed by atoms with Crippen LogP contribution in [0.5, 0.6) is 0 Å². The average Bonchev–Trinajstić information content (AvgIpc) is 3.20. The molecule has 0 spiro atoms. The van der Waals surface area contributed by atoms with Gasteiger partial charge in [0.1, 0.15) is 6.04 Å². The molecule has 0 aromatic heterocycles. The van der Waals surface area contributed by atoms with E-state index >= 15 is 0 Å². The monoisotopic (exact) mass is 384 g/mol. The van der Waals surface area contributed by atoms with Crippen LogP contribution >= 0.6 is 0 Å². The molecule has 0 radical (unpaired) electrons. The third-order valence-corrected chi connectivity index (χ3v) is 7.43. The number of hydrogen-bond acceptors (Lipinski definition) is 3. The standard InChI is InChI=1S/C21H24N2O3S/c24-21(22-19-13-6-9-16-8-4-5-12-18(16)19)20-14-7-15-23(20)27(25,26)17-10-2-1-3-11-17/h1-3,6,9-11,13,20H,4-5,7-8,12,14-15H2,(H,22,24)/t20-/m0/s1. The topological polar surface area (TPSA) is 66.5 Å². The normalized spacial score (nSPS) is 20.2. The molecule has 27 heavy (non-hydrogen) atoms. The second-order valence-corrected chi connectivity index (χ2v) is 9.12. The summed E-state index contributed by atoms with van der Waals surface area (Å²) in [4.78, 5) is 13.2. The van der Waals surface area contributed by atoms with E-state index in [0.29, 0.717) is 19.4 Å². The summed E-state index contributed by atoms with van der Waals surface area (Å²) < 4.78 is 27.3. The van der Waals surface area contributed by atoms with Gasteiger partial charge in [0, 0.05) is 12.2 Å². The van der Waals surface area contributed by atoms with Crippen molar-refractivity contribution in [3.63, 3.8) is 0 Å². The second kappa shape index (κ2) is 7.44. The number of nitrogens with zero attached hydrogens (tertiary/aromatic N) is 1. The van der Waals surface area contributed by atoms with Crippen LogP contribution in [0.25, 0.3) is 0 Å². The predicted octanol–water partition coefficient (Wildman–Crippen LogP) is 3.36. The van der Waals surface area contributed by atoms with Crippen LogP contribution in [-0.2, 0) is 27.7 Å². The summed E-state index contributed by atoms with van der Waals surface area (Å²) in [7, 11) is -3.67. The lowest BCUT2D eigenvalue weighted by atomic mass is 9.90. The summed E-state index contributed by atoms with van der Waals surface area (Å²) in [5, 5.41) is 3.02. The van der Waals surface area contributed by atoms with Crippen molar-refractivity contribution in [1.82, 2.24) is 4.31 Å². The van der Waals surface area contributed by atoms with Crippen LogP contribution in [0.1, 0.15) is 36.8 Å². The largest absolute Gasteiger partial charge is 0.324 e. The summed E-state index contributed by atoms with van der Waals surface area (Å²) in [5.74, 6) is -0.231. The first kappa shape index (κ1) is 18.2. The molecule has 6 heteroatoms. The van der Waals surface area contributed by atoms with Crippen LogP contribution in [0, 0.1) is 0 Å². The molecule has 0 unspecified atom stereocenters. The van der Waals surface area contributed by atoms with Crippen LogP contribution in [0.3, 0.4) is 0 Å². The summed E-state index contributed by atoms with van der Waals surface area (Å²) >= 11 is 0. The van der Waals surface area contributed by atoms with Crippen molar-refractivity contribution < 1.29 is 13.2 Å². The van der Waals surface area contributed by atoms with Gasteiger partial charge in [0.2, 0.25) is 15.9 Å². The Balaban J connectivity index is 1.57. The Kier molecular flexibility index (Phi) is 5.02. The number of rotatable bonds is 4. The van der Waals surface area contributed by atoms with Gasteiger partial charge in [0.15, 0.2) is 0 Å². The first-order valence-corrected chi connectivity index (χ1v) is 11.0. The van der Waals surface area contributed by atoms with E-state index in [1.54, 1.807) is 30.3 Å². The van der Waals surface area contributed by atoms with E-state index in [9.17, 15) is 13.2 Å². The number of amides is 1. The fourth-order valence-corrected chi connectivity index (χ4v) is 5.81. The minimum absolute atomic E-state index is 0.231. The van der Waals surface area contributed by atoms with Gasteiger partial charge in [0.05, 0.1) is 4.90 Å². The Labute approximate surface area is 160 Å². The van der Waals surface area contributed by atoms with Crippen molar-refractivity contribution in [2.45, 2.75) is 49.5 Å². The molecule has 1 atom stereocenters. The number of hydrogen-bond donors (Lipinski definition) is 1. The van der Waals surface area contributed by atoms with Gasteiger partial charge in [-0.1, -0.05) is 30.3 Å². The molecule has 0 saturated carbocycles. The molecule has 1 N–H and O–H groups in total. The maximum absolute atomic E-state index is 13.0. The van der Waals surface area contributed by atoms with Gasteiger partial charge in [-0.25, -0.2) is 8.42 Å². The number of aryl methyl sites for hydroxylation is 1. The van der Waals surface area contributed by atoms with Crippen LogP contribution in [0.4, 0.5) is 5.69 Å². The maximum Gasteiger partial charge on any atom is 0.243 e. The molecule has 4 rings (SSSR count). The fraction of sp³-hybridized carbons (Fsp3) is 0.381. The second-order valence-electron chi connectivity index (χ2n) is 7.23. The number of fused-ring (bicyclic) bond motifs is 1. The van der Waals surface area contributed by atoms with E-state index in [0.717, 1.165) is 24.9 Å². The number of anilines is 1. The number of sulfonamides is 1. The molecule has 0 bridgehead atoms. The number of carbonyl (C=O) groups is 1. The molecule has 1 saturated heterocycles. The summed E-state index contributed by atoms with van der Waals surface area (Å²) in [6.45, 7) is 0.377. The highest BCUT2D eigenvalue weighted by atomic mass is 32.2. The molecule has 1 aliphatic heterocycles. The van der Waals surface area contributed by atoms with E-state index in [2.05, 4.69) is 11.4 Å². The van der Waals surface area contributed by atoms with Gasteiger partial charge in [0.25, 0.3) is 0 Å². The zero-order valence-electron chi connectivity index (χ0n) is 15.2. The first-order valence-electron chi connectivity index (χ1n) is 9.56. The third-order valence-electron chi connectivity index (χ3n) is 5.51. The highest BCUT2D eigenvalue weighted by Crippen LogP contribution is 2.30. The lowest BCUT2D eigenvalue weighted by molar-refractivity contribution is -0.119. The van der Waals surface area contributed by atoms with Gasteiger partial charge >= 0.3 is 0 Å². The Bertz CT molecular complexity index is 941. The molecule has 1 fully saturated rings. The molecular weight excluding hydrogens is 360 g/mol. The van der Waals surface area contributed by atoms with Crippen LogP contribution in [0.15, 0.2) is 53.4 Å². The van der Waals surface area contributed by atoms with E-state index in [4.69, 9.17) is 0 Å². The van der Waals surface area contributed by atoms with Gasteiger partial charge in [-0.15, -0.1) is 0 Å². The molecule has 2 aromatic carbocycles. The molecule has 1 aliphatic carbocycles. The van der Waals surface area contributed by atoms with Gasteiger partial charge < -0.3 is 5.32 Å². The van der Waals surface area contributed by atoms with E-state index in [1.165, 1.54) is 21.9 Å². The van der Waals surface area contributed by atoms with Crippen molar-refractivity contribution in [3.05, 3.63) is 59.7 Å². The average molecular weight is 385 g/mol.